The Kier molecular flexibility index (Phi) is 4.97. The first-order valence-corrected chi connectivity index (χ1v) is 5.91. The van der Waals surface area contributed by atoms with Crippen molar-refractivity contribution in [3.8, 4) is 0 Å². The molecule has 0 fully saturated rings. The molecule has 1 aromatic rings. The van der Waals surface area contributed by atoms with Crippen molar-refractivity contribution in [1.82, 2.24) is 15.5 Å². The zero-order valence-electron chi connectivity index (χ0n) is 8.91. The number of thioether (sulfide) groups is 1. The topological polar surface area (TPSA) is 51.0 Å². The van der Waals surface area contributed by atoms with Crippen LogP contribution in [0.3, 0.4) is 0 Å². The molecule has 5 heteroatoms. The first-order chi connectivity index (χ1) is 6.72. The van der Waals surface area contributed by atoms with Crippen LogP contribution < -0.4 is 5.32 Å². The normalized spacial score (nSPS) is 11.1. The van der Waals surface area contributed by atoms with Crippen molar-refractivity contribution in [2.24, 2.45) is 0 Å². The fraction of sp³-hybridized carbons (Fsp3) is 0.778. The zero-order valence-corrected chi connectivity index (χ0v) is 9.73. The lowest BCUT2D eigenvalue weighted by atomic mass is 10.6. The van der Waals surface area contributed by atoms with E-state index in [1.54, 1.807) is 0 Å². The summed E-state index contributed by atoms with van der Waals surface area (Å²) in [6.07, 6.45) is 0. The summed E-state index contributed by atoms with van der Waals surface area (Å²) in [6, 6.07) is 0. The molecule has 0 spiro atoms. The number of nitrogens with one attached hydrogen (secondary N) is 1. The molecule has 0 unspecified atom stereocenters. The molecular weight excluding hydrogens is 198 g/mol. The number of hydrogen-bond donors (Lipinski definition) is 1. The van der Waals surface area contributed by atoms with Crippen LogP contribution in [-0.4, -0.2) is 21.9 Å². The highest BCUT2D eigenvalue weighted by molar-refractivity contribution is 7.99. The van der Waals surface area contributed by atoms with Gasteiger partial charge in [0.15, 0.2) is 5.82 Å². The number of aromatic nitrogens is 2. The van der Waals surface area contributed by atoms with E-state index in [-0.39, 0.29) is 0 Å². The maximum absolute atomic E-state index is 5.06. The molecule has 80 valence electrons. The second-order valence-electron chi connectivity index (χ2n) is 3.24. The average molecular weight is 215 g/mol. The molecule has 14 heavy (non-hydrogen) atoms. The van der Waals surface area contributed by atoms with E-state index >= 15 is 0 Å². The Morgan fingerprint density at radius 1 is 1.50 bits per heavy atom. The molecule has 4 nitrogen and oxygen atoms in total. The van der Waals surface area contributed by atoms with Gasteiger partial charge in [0.1, 0.15) is 0 Å². The van der Waals surface area contributed by atoms with Crippen LogP contribution >= 0.6 is 11.8 Å². The number of rotatable bonds is 6. The monoisotopic (exact) mass is 215 g/mol. The molecule has 0 amide bonds. The van der Waals surface area contributed by atoms with Gasteiger partial charge in [-0.3, -0.25) is 0 Å². The summed E-state index contributed by atoms with van der Waals surface area (Å²) < 4.78 is 5.06. The third-order valence-corrected chi connectivity index (χ3v) is 2.67. The van der Waals surface area contributed by atoms with Gasteiger partial charge in [-0.25, -0.2) is 0 Å². The predicted molar refractivity (Wildman–Crippen MR) is 58.1 cm³/mol. The summed E-state index contributed by atoms with van der Waals surface area (Å²) >= 11 is 1.82. The van der Waals surface area contributed by atoms with Crippen LogP contribution in [0.15, 0.2) is 4.52 Å². The maximum Gasteiger partial charge on any atom is 0.240 e. The van der Waals surface area contributed by atoms with Crippen LogP contribution in [0.5, 0.6) is 0 Å². The van der Waals surface area contributed by atoms with Crippen molar-refractivity contribution >= 4 is 11.8 Å². The molecule has 0 bridgehead atoms. The van der Waals surface area contributed by atoms with Crippen LogP contribution in [-0.2, 0) is 12.3 Å². The van der Waals surface area contributed by atoms with Crippen LogP contribution in [0.1, 0.15) is 32.5 Å². The van der Waals surface area contributed by atoms with Gasteiger partial charge < -0.3 is 9.84 Å². The lowest BCUT2D eigenvalue weighted by Crippen LogP contribution is -2.11. The van der Waals surface area contributed by atoms with E-state index < -0.39 is 0 Å². The Labute approximate surface area is 88.8 Å². The van der Waals surface area contributed by atoms with E-state index in [2.05, 4.69) is 29.3 Å². The van der Waals surface area contributed by atoms with Crippen LogP contribution in [0, 0.1) is 0 Å². The molecule has 0 saturated carbocycles. The number of hydrogen-bond acceptors (Lipinski definition) is 5. The quantitative estimate of drug-likeness (QED) is 0.784. The van der Waals surface area contributed by atoms with Gasteiger partial charge >= 0.3 is 0 Å². The Bertz CT molecular complexity index is 262. The summed E-state index contributed by atoms with van der Waals surface area (Å²) in [5.41, 5.74) is 0. The molecule has 0 aliphatic heterocycles. The van der Waals surface area contributed by atoms with E-state index in [9.17, 15) is 0 Å². The molecule has 1 aromatic heterocycles. The lowest BCUT2D eigenvalue weighted by molar-refractivity contribution is 0.365. The summed E-state index contributed by atoms with van der Waals surface area (Å²) in [5.74, 6) is 2.29. The first kappa shape index (κ1) is 11.5. The van der Waals surface area contributed by atoms with Crippen molar-refractivity contribution in [2.75, 3.05) is 6.54 Å². The highest BCUT2D eigenvalue weighted by Crippen LogP contribution is 2.14. The molecule has 1 rings (SSSR count). The highest BCUT2D eigenvalue weighted by Gasteiger charge is 2.06. The van der Waals surface area contributed by atoms with Crippen LogP contribution in [0.2, 0.25) is 0 Å². The summed E-state index contributed by atoms with van der Waals surface area (Å²) in [6.45, 7) is 7.94. The molecule has 1 heterocycles. The summed E-state index contributed by atoms with van der Waals surface area (Å²) in [4.78, 5) is 4.26. The van der Waals surface area contributed by atoms with Crippen molar-refractivity contribution in [2.45, 2.75) is 38.3 Å². The van der Waals surface area contributed by atoms with Gasteiger partial charge in [0.2, 0.25) is 5.89 Å². The second-order valence-corrected chi connectivity index (χ2v) is 4.81. The highest BCUT2D eigenvalue weighted by atomic mass is 32.2. The standard InChI is InChI=1S/C9H17N3OS/c1-4-10-5-9-11-8(12-13-9)6-14-7(2)3/h7,10H,4-6H2,1-3H3. The summed E-state index contributed by atoms with van der Waals surface area (Å²) in [7, 11) is 0. The Morgan fingerprint density at radius 3 is 2.93 bits per heavy atom. The number of nitrogens with zero attached hydrogens (tertiary/aromatic N) is 2. The zero-order chi connectivity index (χ0) is 10.4. The first-order valence-electron chi connectivity index (χ1n) is 4.86. The molecule has 0 saturated heterocycles. The Balaban J connectivity index is 2.35. The van der Waals surface area contributed by atoms with Crippen molar-refractivity contribution < 1.29 is 4.52 Å². The summed E-state index contributed by atoms with van der Waals surface area (Å²) in [5, 5.41) is 7.64. The van der Waals surface area contributed by atoms with E-state index in [0.29, 0.717) is 17.7 Å². The van der Waals surface area contributed by atoms with Crippen molar-refractivity contribution in [3.63, 3.8) is 0 Å². The molecular formula is C9H17N3OS. The minimum atomic E-state index is 0.603. The minimum absolute atomic E-state index is 0.603. The van der Waals surface area contributed by atoms with Gasteiger partial charge in [-0.1, -0.05) is 25.9 Å². The third-order valence-electron chi connectivity index (χ3n) is 1.58. The molecule has 0 radical (unpaired) electrons. The molecule has 0 aliphatic rings. The molecule has 0 aromatic carbocycles. The van der Waals surface area contributed by atoms with Gasteiger partial charge in [-0.05, 0) is 11.8 Å². The molecule has 1 N–H and O–H groups in total. The molecule has 0 atom stereocenters. The fourth-order valence-corrected chi connectivity index (χ4v) is 1.49. The van der Waals surface area contributed by atoms with Crippen molar-refractivity contribution in [1.29, 1.82) is 0 Å². The third kappa shape index (κ3) is 4.11. The predicted octanol–water partition coefficient (Wildman–Crippen LogP) is 1.82. The van der Waals surface area contributed by atoms with Gasteiger partial charge in [-0.15, -0.1) is 0 Å². The maximum atomic E-state index is 5.06. The fourth-order valence-electron chi connectivity index (χ4n) is 0.894. The van der Waals surface area contributed by atoms with E-state index in [0.717, 1.165) is 18.1 Å². The smallest absolute Gasteiger partial charge is 0.240 e. The second kappa shape index (κ2) is 6.03. The van der Waals surface area contributed by atoms with Crippen LogP contribution in [0.4, 0.5) is 0 Å². The van der Waals surface area contributed by atoms with E-state index in [4.69, 9.17) is 4.52 Å². The van der Waals surface area contributed by atoms with E-state index in [1.807, 2.05) is 18.7 Å². The largest absolute Gasteiger partial charge is 0.338 e. The van der Waals surface area contributed by atoms with Gasteiger partial charge in [0, 0.05) is 0 Å². The van der Waals surface area contributed by atoms with Crippen molar-refractivity contribution in [3.05, 3.63) is 11.7 Å². The van der Waals surface area contributed by atoms with Gasteiger partial charge in [-0.2, -0.15) is 16.7 Å². The van der Waals surface area contributed by atoms with Gasteiger partial charge in [0.05, 0.1) is 12.3 Å². The van der Waals surface area contributed by atoms with Crippen LogP contribution in [0.25, 0.3) is 0 Å². The molecule has 0 aliphatic carbocycles. The lowest BCUT2D eigenvalue weighted by Gasteiger charge is -1.99. The average Bonchev–Trinajstić information content (AvgIpc) is 2.59. The van der Waals surface area contributed by atoms with Gasteiger partial charge in [0.25, 0.3) is 0 Å². The SMILES string of the molecule is CCNCc1nc(CSC(C)C)no1. The van der Waals surface area contributed by atoms with E-state index in [1.165, 1.54) is 0 Å². The Hall–Kier alpha value is -0.550. The Morgan fingerprint density at radius 2 is 2.29 bits per heavy atom. The minimum Gasteiger partial charge on any atom is -0.338 e.